The lowest BCUT2D eigenvalue weighted by atomic mass is 10.1. The number of sulfonamides is 1. The number of benzene rings is 1. The highest BCUT2D eigenvalue weighted by molar-refractivity contribution is 7.98. The molecule has 2 aromatic rings. The van der Waals surface area contributed by atoms with E-state index in [0.717, 1.165) is 0 Å². The van der Waals surface area contributed by atoms with Crippen molar-refractivity contribution in [2.24, 2.45) is 5.92 Å². The molecule has 0 atom stereocenters. The molecule has 0 radical (unpaired) electrons. The Balaban J connectivity index is 2.28. The third-order valence-corrected chi connectivity index (χ3v) is 5.56. The predicted octanol–water partition coefficient (Wildman–Crippen LogP) is 2.69. The molecule has 26 heavy (non-hydrogen) atoms. The summed E-state index contributed by atoms with van der Waals surface area (Å²) in [5.41, 5.74) is 6.80. The number of hydrogen-bond donors (Lipinski definition) is 2. The first-order valence-electron chi connectivity index (χ1n) is 8.06. The fraction of sp³-hybridized carbons (Fsp3) is 0.353. The lowest BCUT2D eigenvalue weighted by Crippen LogP contribution is -2.30. The van der Waals surface area contributed by atoms with Gasteiger partial charge in [0, 0.05) is 12.0 Å². The number of anilines is 1. The first-order valence-corrected chi connectivity index (χ1v) is 10.8. The first kappa shape index (κ1) is 20.2. The van der Waals surface area contributed by atoms with Crippen LogP contribution in [0.3, 0.4) is 0 Å². The van der Waals surface area contributed by atoms with Crippen molar-refractivity contribution in [3.8, 4) is 11.3 Å². The summed E-state index contributed by atoms with van der Waals surface area (Å²) in [5.74, 6) is -0.0808. The van der Waals surface area contributed by atoms with Crippen LogP contribution in [0.25, 0.3) is 11.3 Å². The molecule has 0 fully saturated rings. The van der Waals surface area contributed by atoms with Crippen molar-refractivity contribution in [3.05, 3.63) is 30.3 Å². The van der Waals surface area contributed by atoms with Gasteiger partial charge >= 0.3 is 0 Å². The van der Waals surface area contributed by atoms with Gasteiger partial charge in [0.15, 0.2) is 0 Å². The summed E-state index contributed by atoms with van der Waals surface area (Å²) in [6, 6.07) is 7.95. The molecule has 2 rings (SSSR count). The van der Waals surface area contributed by atoms with Gasteiger partial charge in [-0.2, -0.15) is 0 Å². The van der Waals surface area contributed by atoms with Gasteiger partial charge in [-0.15, -0.1) is 11.8 Å². The minimum absolute atomic E-state index is 0.00391. The molecule has 3 N–H and O–H groups in total. The molecule has 7 nitrogen and oxygen atoms in total. The van der Waals surface area contributed by atoms with Crippen LogP contribution in [-0.4, -0.2) is 30.5 Å². The normalized spacial score (nSPS) is 11.5. The molecule has 9 heteroatoms. The maximum atomic E-state index is 12.5. The van der Waals surface area contributed by atoms with Crippen LogP contribution in [0.1, 0.15) is 26.7 Å². The largest absolute Gasteiger partial charge is 0.368 e. The Morgan fingerprint density at radius 3 is 2.65 bits per heavy atom. The third kappa shape index (κ3) is 5.43. The van der Waals surface area contributed by atoms with Crippen LogP contribution in [0.2, 0.25) is 0 Å². The Hall–Kier alpha value is -2.13. The molecule has 1 aromatic carbocycles. The van der Waals surface area contributed by atoms with E-state index < -0.39 is 15.9 Å². The molecule has 140 valence electrons. The van der Waals surface area contributed by atoms with Gasteiger partial charge in [-0.3, -0.25) is 4.79 Å². The summed E-state index contributed by atoms with van der Waals surface area (Å²) in [7, 11) is -3.94. The van der Waals surface area contributed by atoms with E-state index in [9.17, 15) is 13.2 Å². The predicted molar refractivity (Wildman–Crippen MR) is 103 cm³/mol. The second kappa shape index (κ2) is 8.50. The van der Waals surface area contributed by atoms with Gasteiger partial charge in [-0.25, -0.2) is 23.1 Å². The van der Waals surface area contributed by atoms with Gasteiger partial charge in [0.2, 0.25) is 11.9 Å². The van der Waals surface area contributed by atoms with Gasteiger partial charge < -0.3 is 5.73 Å². The molecule has 0 aliphatic heterocycles. The van der Waals surface area contributed by atoms with E-state index in [1.54, 1.807) is 18.2 Å². The van der Waals surface area contributed by atoms with Gasteiger partial charge in [-0.05, 0) is 36.8 Å². The molecule has 0 saturated heterocycles. The average Bonchev–Trinajstić information content (AvgIpc) is 2.59. The van der Waals surface area contributed by atoms with E-state index in [-0.39, 0.29) is 17.3 Å². The van der Waals surface area contributed by atoms with Crippen molar-refractivity contribution < 1.29 is 13.2 Å². The molecule has 0 aliphatic carbocycles. The smallest absolute Gasteiger partial charge is 0.264 e. The van der Waals surface area contributed by atoms with Gasteiger partial charge in [0.25, 0.3) is 10.0 Å². The minimum atomic E-state index is -3.94. The highest BCUT2D eigenvalue weighted by Gasteiger charge is 2.18. The van der Waals surface area contributed by atoms with Crippen molar-refractivity contribution >= 4 is 33.6 Å². The van der Waals surface area contributed by atoms with Crippen LogP contribution in [0, 0.1) is 5.92 Å². The number of amides is 1. The van der Waals surface area contributed by atoms with E-state index in [1.807, 2.05) is 20.1 Å². The zero-order chi connectivity index (χ0) is 19.3. The van der Waals surface area contributed by atoms with Crippen molar-refractivity contribution in [3.63, 3.8) is 0 Å². The number of nitrogen functional groups attached to an aromatic ring is 1. The molecule has 1 aromatic heterocycles. The van der Waals surface area contributed by atoms with Crippen molar-refractivity contribution in [2.75, 3.05) is 12.0 Å². The lowest BCUT2D eigenvalue weighted by Gasteiger charge is -2.10. The molecule has 0 unspecified atom stereocenters. The Labute approximate surface area is 157 Å². The van der Waals surface area contributed by atoms with Crippen LogP contribution in [-0.2, 0) is 14.8 Å². The van der Waals surface area contributed by atoms with Crippen LogP contribution >= 0.6 is 11.8 Å². The highest BCUT2D eigenvalue weighted by Crippen LogP contribution is 2.24. The van der Waals surface area contributed by atoms with Gasteiger partial charge in [0.05, 0.1) is 10.6 Å². The molecule has 0 saturated carbocycles. The summed E-state index contributed by atoms with van der Waals surface area (Å²) >= 11 is 1.41. The van der Waals surface area contributed by atoms with Crippen LogP contribution < -0.4 is 10.5 Å². The van der Waals surface area contributed by atoms with Crippen LogP contribution in [0.4, 0.5) is 5.95 Å². The Morgan fingerprint density at radius 1 is 1.27 bits per heavy atom. The number of rotatable bonds is 7. The average molecular weight is 395 g/mol. The number of nitrogens with two attached hydrogens (primary N) is 1. The zero-order valence-corrected chi connectivity index (χ0v) is 16.5. The first-order chi connectivity index (χ1) is 12.2. The molecule has 0 aliphatic rings. The Morgan fingerprint density at radius 2 is 2.00 bits per heavy atom. The maximum absolute atomic E-state index is 12.5. The molecule has 1 amide bonds. The number of hydrogen-bond acceptors (Lipinski definition) is 7. The van der Waals surface area contributed by atoms with Crippen molar-refractivity contribution in [1.29, 1.82) is 0 Å². The van der Waals surface area contributed by atoms with Crippen molar-refractivity contribution in [1.82, 2.24) is 14.7 Å². The van der Waals surface area contributed by atoms with E-state index in [2.05, 4.69) is 14.7 Å². The monoisotopic (exact) mass is 394 g/mol. The Kier molecular flexibility index (Phi) is 6.60. The van der Waals surface area contributed by atoms with E-state index >= 15 is 0 Å². The second-order valence-electron chi connectivity index (χ2n) is 6.14. The maximum Gasteiger partial charge on any atom is 0.264 e. The number of nitrogens with one attached hydrogen (secondary N) is 1. The van der Waals surface area contributed by atoms with E-state index in [0.29, 0.717) is 28.6 Å². The van der Waals surface area contributed by atoms with Crippen molar-refractivity contribution in [2.45, 2.75) is 36.6 Å². The fourth-order valence-corrected chi connectivity index (χ4v) is 3.67. The minimum Gasteiger partial charge on any atom is -0.368 e. The van der Waals surface area contributed by atoms with E-state index in [1.165, 1.54) is 23.9 Å². The van der Waals surface area contributed by atoms with Gasteiger partial charge in [0.1, 0.15) is 5.03 Å². The number of carbonyl (C=O) groups is 1. The number of thioether (sulfide) groups is 1. The standard InChI is InChI=1S/C17H22N4O3S2/c1-11(2)7-8-15(22)21-26(23,24)13-6-4-5-12(9-13)14-10-16(25-3)20-17(18)19-14/h4-6,9-11H,7-8H2,1-3H3,(H,21,22)(H2,18,19,20). The summed E-state index contributed by atoms with van der Waals surface area (Å²) in [6.45, 7) is 3.95. The molecule has 0 spiro atoms. The zero-order valence-electron chi connectivity index (χ0n) is 14.9. The summed E-state index contributed by atoms with van der Waals surface area (Å²) in [6.07, 6.45) is 2.65. The quantitative estimate of drug-likeness (QED) is 0.548. The SMILES string of the molecule is CSc1cc(-c2cccc(S(=O)(=O)NC(=O)CCC(C)C)c2)nc(N)n1. The summed E-state index contributed by atoms with van der Waals surface area (Å²) in [5, 5.41) is 0.683. The number of nitrogens with zero attached hydrogens (tertiary/aromatic N) is 2. The third-order valence-electron chi connectivity index (χ3n) is 3.57. The molecular formula is C17H22N4O3S2. The summed E-state index contributed by atoms with van der Waals surface area (Å²) in [4.78, 5) is 20.1. The fourth-order valence-electron chi connectivity index (χ4n) is 2.20. The van der Waals surface area contributed by atoms with Crippen LogP contribution in [0.5, 0.6) is 0 Å². The van der Waals surface area contributed by atoms with Gasteiger partial charge in [-0.1, -0.05) is 26.0 Å². The molecule has 0 bridgehead atoms. The van der Waals surface area contributed by atoms with Crippen LogP contribution in [0.15, 0.2) is 40.3 Å². The Bertz CT molecular complexity index is 899. The molecular weight excluding hydrogens is 372 g/mol. The second-order valence-corrected chi connectivity index (χ2v) is 8.65. The van der Waals surface area contributed by atoms with E-state index in [4.69, 9.17) is 5.73 Å². The number of aromatic nitrogens is 2. The molecule has 1 heterocycles. The highest BCUT2D eigenvalue weighted by atomic mass is 32.2. The summed E-state index contributed by atoms with van der Waals surface area (Å²) < 4.78 is 27.0. The topological polar surface area (TPSA) is 115 Å². The lowest BCUT2D eigenvalue weighted by molar-refractivity contribution is -0.119. The number of carbonyl (C=O) groups excluding carboxylic acids is 1.